The summed E-state index contributed by atoms with van der Waals surface area (Å²) in [6, 6.07) is 25.9. The van der Waals surface area contributed by atoms with Crippen molar-refractivity contribution in [1.82, 2.24) is 5.01 Å². The van der Waals surface area contributed by atoms with Crippen molar-refractivity contribution >= 4 is 17.3 Å². The van der Waals surface area contributed by atoms with Gasteiger partial charge >= 0.3 is 0 Å². The molecule has 0 radical (unpaired) electrons. The number of aryl methyl sites for hydroxylation is 1. The van der Waals surface area contributed by atoms with Crippen LogP contribution in [-0.2, 0) is 4.79 Å². The van der Waals surface area contributed by atoms with Gasteiger partial charge in [-0.1, -0.05) is 60.2 Å². The molecule has 1 amide bonds. The predicted molar refractivity (Wildman–Crippen MR) is 125 cm³/mol. The second-order valence-corrected chi connectivity index (χ2v) is 7.81. The molecule has 0 aliphatic carbocycles. The summed E-state index contributed by atoms with van der Waals surface area (Å²) in [5.74, 6) is 0.724. The third kappa shape index (κ3) is 4.45. The Morgan fingerprint density at radius 2 is 1.71 bits per heavy atom. The molecule has 1 heterocycles. The number of nitrogens with zero attached hydrogens (tertiary/aromatic N) is 3. The second kappa shape index (κ2) is 9.04. The number of hydrogen-bond donors (Lipinski definition) is 0. The maximum Gasteiger partial charge on any atom is 0.262 e. The largest absolute Gasteiger partial charge is 0.496 e. The molecule has 0 N–H and O–H groups in total. The normalized spacial score (nSPS) is 15.5. The first-order valence-corrected chi connectivity index (χ1v) is 10.4. The molecule has 5 heteroatoms. The van der Waals surface area contributed by atoms with Crippen LogP contribution in [0.1, 0.15) is 29.2 Å². The van der Waals surface area contributed by atoms with Crippen LogP contribution in [0.25, 0.3) is 0 Å². The fraction of sp³-hybridized carbons (Fsp3) is 0.231. The van der Waals surface area contributed by atoms with Crippen molar-refractivity contribution < 1.29 is 9.53 Å². The molecule has 3 aromatic carbocycles. The van der Waals surface area contributed by atoms with Gasteiger partial charge in [-0.05, 0) is 36.8 Å². The number of carbonyl (C=O) groups excluding carboxylic acids is 1. The molecule has 0 fully saturated rings. The number of likely N-dealkylation sites (N-methyl/N-ethyl adjacent to an activating group) is 1. The van der Waals surface area contributed by atoms with E-state index in [1.165, 1.54) is 5.56 Å². The Kier molecular flexibility index (Phi) is 6.03. The SMILES string of the molecule is COc1ccccc1C1=NN(C(=O)CN(C)c2ccccc2)[C@@H](c2ccc(C)cc2)C1. The number of ether oxygens (including phenoxy) is 1. The highest BCUT2D eigenvalue weighted by atomic mass is 16.5. The van der Waals surface area contributed by atoms with Crippen molar-refractivity contribution in [3.63, 3.8) is 0 Å². The van der Waals surface area contributed by atoms with E-state index in [9.17, 15) is 4.79 Å². The number of para-hydroxylation sites is 2. The second-order valence-electron chi connectivity index (χ2n) is 7.81. The molecule has 0 saturated heterocycles. The number of hydrazone groups is 1. The Morgan fingerprint density at radius 3 is 2.42 bits per heavy atom. The molecule has 31 heavy (non-hydrogen) atoms. The average molecular weight is 414 g/mol. The van der Waals surface area contributed by atoms with Gasteiger partial charge < -0.3 is 9.64 Å². The van der Waals surface area contributed by atoms with Gasteiger partial charge in [0, 0.05) is 24.7 Å². The molecule has 0 bridgehead atoms. The van der Waals surface area contributed by atoms with Crippen molar-refractivity contribution in [2.45, 2.75) is 19.4 Å². The lowest BCUT2D eigenvalue weighted by Gasteiger charge is -2.25. The molecule has 1 aliphatic heterocycles. The van der Waals surface area contributed by atoms with Gasteiger partial charge in [-0.25, -0.2) is 5.01 Å². The van der Waals surface area contributed by atoms with E-state index in [2.05, 4.69) is 31.2 Å². The summed E-state index contributed by atoms with van der Waals surface area (Å²) >= 11 is 0. The summed E-state index contributed by atoms with van der Waals surface area (Å²) < 4.78 is 5.54. The van der Waals surface area contributed by atoms with Gasteiger partial charge in [0.25, 0.3) is 5.91 Å². The zero-order valence-corrected chi connectivity index (χ0v) is 18.2. The first-order chi connectivity index (χ1) is 15.1. The monoisotopic (exact) mass is 413 g/mol. The molecule has 0 saturated carbocycles. The summed E-state index contributed by atoms with van der Waals surface area (Å²) in [5.41, 5.74) is 5.05. The van der Waals surface area contributed by atoms with Gasteiger partial charge in [-0.15, -0.1) is 0 Å². The highest BCUT2D eigenvalue weighted by molar-refractivity contribution is 6.05. The Hall–Kier alpha value is -3.60. The molecule has 158 valence electrons. The number of rotatable bonds is 6. The predicted octanol–water partition coefficient (Wildman–Crippen LogP) is 4.82. The first-order valence-electron chi connectivity index (χ1n) is 10.4. The van der Waals surface area contributed by atoms with Crippen LogP contribution < -0.4 is 9.64 Å². The van der Waals surface area contributed by atoms with Crippen molar-refractivity contribution in [3.8, 4) is 5.75 Å². The van der Waals surface area contributed by atoms with E-state index in [-0.39, 0.29) is 18.5 Å². The summed E-state index contributed by atoms with van der Waals surface area (Å²) in [4.78, 5) is 15.3. The lowest BCUT2D eigenvalue weighted by Crippen LogP contribution is -2.36. The van der Waals surface area contributed by atoms with E-state index < -0.39 is 0 Å². The molecule has 4 rings (SSSR count). The van der Waals surface area contributed by atoms with E-state index in [1.54, 1.807) is 12.1 Å². The van der Waals surface area contributed by atoms with Crippen LogP contribution in [0.4, 0.5) is 5.69 Å². The highest BCUT2D eigenvalue weighted by Crippen LogP contribution is 2.35. The molecular formula is C26H27N3O2. The number of amides is 1. The van der Waals surface area contributed by atoms with Crippen molar-refractivity contribution in [1.29, 1.82) is 0 Å². The maximum atomic E-state index is 13.4. The molecule has 1 atom stereocenters. The Bertz CT molecular complexity index is 1080. The van der Waals surface area contributed by atoms with Crippen LogP contribution in [-0.4, -0.2) is 37.3 Å². The number of benzene rings is 3. The van der Waals surface area contributed by atoms with Gasteiger partial charge in [-0.3, -0.25) is 4.79 Å². The van der Waals surface area contributed by atoms with Crippen LogP contribution in [0.2, 0.25) is 0 Å². The number of anilines is 1. The van der Waals surface area contributed by atoms with Crippen LogP contribution in [0.3, 0.4) is 0 Å². The van der Waals surface area contributed by atoms with Gasteiger partial charge in [0.2, 0.25) is 0 Å². The van der Waals surface area contributed by atoms with Gasteiger partial charge in [0.15, 0.2) is 0 Å². The smallest absolute Gasteiger partial charge is 0.262 e. The zero-order chi connectivity index (χ0) is 21.8. The molecule has 3 aromatic rings. The van der Waals surface area contributed by atoms with Crippen molar-refractivity contribution in [2.24, 2.45) is 5.10 Å². The van der Waals surface area contributed by atoms with Crippen molar-refractivity contribution in [3.05, 3.63) is 95.6 Å². The number of methoxy groups -OCH3 is 1. The lowest BCUT2D eigenvalue weighted by atomic mass is 9.97. The standard InChI is InChI=1S/C26H27N3O2/c1-19-13-15-20(16-14-19)24-17-23(22-11-7-8-12-25(22)31-3)27-29(24)26(30)18-28(2)21-9-5-4-6-10-21/h4-16,24H,17-18H2,1-3H3/t24-/m1/s1. The highest BCUT2D eigenvalue weighted by Gasteiger charge is 2.34. The zero-order valence-electron chi connectivity index (χ0n) is 18.2. The number of carbonyl (C=O) groups is 1. The lowest BCUT2D eigenvalue weighted by molar-refractivity contribution is -0.131. The minimum Gasteiger partial charge on any atom is -0.496 e. The fourth-order valence-electron chi connectivity index (χ4n) is 3.88. The summed E-state index contributed by atoms with van der Waals surface area (Å²) in [6.07, 6.45) is 0.643. The summed E-state index contributed by atoms with van der Waals surface area (Å²) in [5, 5.41) is 6.43. The maximum absolute atomic E-state index is 13.4. The third-order valence-electron chi connectivity index (χ3n) is 5.62. The van der Waals surface area contributed by atoms with E-state index in [0.29, 0.717) is 6.42 Å². The minimum absolute atomic E-state index is 0.0400. The van der Waals surface area contributed by atoms with Crippen LogP contribution in [0, 0.1) is 6.92 Å². The van der Waals surface area contributed by atoms with Gasteiger partial charge in [0.05, 0.1) is 25.4 Å². The Morgan fingerprint density at radius 1 is 1.03 bits per heavy atom. The van der Waals surface area contributed by atoms with Crippen LogP contribution in [0.5, 0.6) is 5.75 Å². The van der Waals surface area contributed by atoms with Crippen LogP contribution >= 0.6 is 0 Å². The third-order valence-corrected chi connectivity index (χ3v) is 5.62. The Labute approximate surface area is 183 Å². The molecule has 0 unspecified atom stereocenters. The number of hydrogen-bond acceptors (Lipinski definition) is 4. The van der Waals surface area contributed by atoms with Gasteiger partial charge in [0.1, 0.15) is 5.75 Å². The van der Waals surface area contributed by atoms with Crippen molar-refractivity contribution in [2.75, 3.05) is 25.6 Å². The average Bonchev–Trinajstić information content (AvgIpc) is 3.25. The van der Waals surface area contributed by atoms with Crippen LogP contribution in [0.15, 0.2) is 84.0 Å². The molecule has 0 spiro atoms. The Balaban J connectivity index is 1.65. The molecule has 1 aliphatic rings. The molecule has 0 aromatic heterocycles. The minimum atomic E-state index is -0.141. The van der Waals surface area contributed by atoms with E-state index in [0.717, 1.165) is 28.3 Å². The summed E-state index contributed by atoms with van der Waals surface area (Å²) in [6.45, 7) is 2.31. The molecule has 5 nitrogen and oxygen atoms in total. The van der Waals surface area contributed by atoms with E-state index >= 15 is 0 Å². The van der Waals surface area contributed by atoms with E-state index in [1.807, 2.05) is 66.5 Å². The van der Waals surface area contributed by atoms with E-state index in [4.69, 9.17) is 9.84 Å². The quantitative estimate of drug-likeness (QED) is 0.582. The van der Waals surface area contributed by atoms with Gasteiger partial charge in [-0.2, -0.15) is 5.10 Å². The topological polar surface area (TPSA) is 45.1 Å². The summed E-state index contributed by atoms with van der Waals surface area (Å²) in [7, 11) is 3.58. The first kappa shape index (κ1) is 20.7. The molecular weight excluding hydrogens is 386 g/mol. The fourth-order valence-corrected chi connectivity index (χ4v) is 3.88.